The molecule has 0 aromatic carbocycles. The summed E-state index contributed by atoms with van der Waals surface area (Å²) in [4.78, 5) is 25.4. The molecule has 0 bridgehead atoms. The van der Waals surface area contributed by atoms with Crippen LogP contribution in [0, 0.1) is 0 Å². The average Bonchev–Trinajstić information content (AvgIpc) is 3.25. The standard InChI is InChI=1S/C55H98O5/c1-4-7-10-13-16-19-22-25-26-27-28-29-32-35-38-41-44-47-50-58-51-53(60-55(57)49-46-43-40-37-34-31-24-21-18-15-12-9-6-3)52-59-54(56)48-45-42-39-36-33-30-23-20-17-14-11-8-5-2/h7,10,16,19-21,23-26,53H,4-6,8-9,11-15,17-18,22,27-52H2,1-3H3/b10-7-,19-16-,23-20-,24-21-,26-25-. The molecule has 0 rings (SSSR count). The minimum Gasteiger partial charge on any atom is -0.462 e. The number of hydrogen-bond acceptors (Lipinski definition) is 5. The van der Waals surface area contributed by atoms with Crippen LogP contribution in [0.25, 0.3) is 0 Å². The van der Waals surface area contributed by atoms with E-state index in [1.54, 1.807) is 0 Å². The van der Waals surface area contributed by atoms with Gasteiger partial charge in [-0.25, -0.2) is 0 Å². The van der Waals surface area contributed by atoms with Gasteiger partial charge < -0.3 is 14.2 Å². The van der Waals surface area contributed by atoms with Gasteiger partial charge in [-0.3, -0.25) is 9.59 Å². The van der Waals surface area contributed by atoms with Crippen LogP contribution in [0.15, 0.2) is 60.8 Å². The molecule has 0 spiro atoms. The molecule has 0 N–H and O–H groups in total. The van der Waals surface area contributed by atoms with Gasteiger partial charge in [-0.15, -0.1) is 0 Å². The van der Waals surface area contributed by atoms with Gasteiger partial charge in [-0.2, -0.15) is 0 Å². The molecule has 348 valence electrons. The van der Waals surface area contributed by atoms with E-state index in [0.717, 1.165) is 83.5 Å². The van der Waals surface area contributed by atoms with Gasteiger partial charge in [0.1, 0.15) is 6.61 Å². The largest absolute Gasteiger partial charge is 0.462 e. The minimum atomic E-state index is -0.547. The zero-order valence-electron chi connectivity index (χ0n) is 40.0. The van der Waals surface area contributed by atoms with Crippen molar-refractivity contribution in [3.8, 4) is 0 Å². The second kappa shape index (κ2) is 51.0. The summed E-state index contributed by atoms with van der Waals surface area (Å²) in [6, 6.07) is 0. The van der Waals surface area contributed by atoms with E-state index in [1.165, 1.54) is 135 Å². The SMILES string of the molecule is CC/C=C\C/C=C\C/C=C\CCCCCCCCCCOCC(COC(=O)CCCCCCC/C=C\CCCCCC)OC(=O)CCCCCCC/C=C\CCCCCC. The van der Waals surface area contributed by atoms with Crippen molar-refractivity contribution in [1.82, 2.24) is 0 Å². The highest BCUT2D eigenvalue weighted by Crippen LogP contribution is 2.14. The molecule has 0 aromatic rings. The molecule has 60 heavy (non-hydrogen) atoms. The fraction of sp³-hybridized carbons (Fsp3) is 0.782. The maximum Gasteiger partial charge on any atom is 0.306 e. The lowest BCUT2D eigenvalue weighted by Gasteiger charge is -2.18. The van der Waals surface area contributed by atoms with Crippen molar-refractivity contribution in [1.29, 1.82) is 0 Å². The Balaban J connectivity index is 4.28. The van der Waals surface area contributed by atoms with Gasteiger partial charge in [0.15, 0.2) is 6.10 Å². The number of carbonyl (C=O) groups excluding carboxylic acids is 2. The van der Waals surface area contributed by atoms with Crippen molar-refractivity contribution in [2.75, 3.05) is 19.8 Å². The van der Waals surface area contributed by atoms with Crippen molar-refractivity contribution in [3.05, 3.63) is 60.8 Å². The lowest BCUT2D eigenvalue weighted by Crippen LogP contribution is -2.30. The van der Waals surface area contributed by atoms with Crippen LogP contribution < -0.4 is 0 Å². The fourth-order valence-corrected chi connectivity index (χ4v) is 7.16. The normalized spacial score (nSPS) is 12.7. The van der Waals surface area contributed by atoms with Crippen molar-refractivity contribution in [3.63, 3.8) is 0 Å². The third-order valence-corrected chi connectivity index (χ3v) is 11.0. The molecular weight excluding hydrogens is 741 g/mol. The molecule has 0 aliphatic carbocycles. The maximum absolute atomic E-state index is 12.8. The van der Waals surface area contributed by atoms with Gasteiger partial charge >= 0.3 is 11.9 Å². The first-order valence-electron chi connectivity index (χ1n) is 25.8. The summed E-state index contributed by atoms with van der Waals surface area (Å²) in [6.45, 7) is 7.67. The second-order valence-corrected chi connectivity index (χ2v) is 17.0. The van der Waals surface area contributed by atoms with Crippen LogP contribution in [-0.2, 0) is 23.8 Å². The quantitative estimate of drug-likeness (QED) is 0.0347. The summed E-state index contributed by atoms with van der Waals surface area (Å²) in [5.41, 5.74) is 0. The zero-order chi connectivity index (χ0) is 43.5. The summed E-state index contributed by atoms with van der Waals surface area (Å²) in [5.74, 6) is -0.417. The van der Waals surface area contributed by atoms with Crippen molar-refractivity contribution in [2.45, 2.75) is 258 Å². The highest BCUT2D eigenvalue weighted by Gasteiger charge is 2.17. The average molecular weight is 839 g/mol. The summed E-state index contributed by atoms with van der Waals surface area (Å²) in [6.07, 6.45) is 63.7. The van der Waals surface area contributed by atoms with E-state index < -0.39 is 6.10 Å². The maximum atomic E-state index is 12.8. The van der Waals surface area contributed by atoms with Crippen LogP contribution in [0.1, 0.15) is 252 Å². The number of hydrogen-bond donors (Lipinski definition) is 0. The Bertz CT molecular complexity index is 1040. The van der Waals surface area contributed by atoms with Gasteiger partial charge in [0, 0.05) is 19.4 Å². The molecule has 0 fully saturated rings. The molecule has 5 heteroatoms. The molecule has 0 heterocycles. The highest BCUT2D eigenvalue weighted by molar-refractivity contribution is 5.70. The third-order valence-electron chi connectivity index (χ3n) is 11.0. The Morgan fingerprint density at radius 2 is 0.750 bits per heavy atom. The van der Waals surface area contributed by atoms with Crippen molar-refractivity contribution >= 4 is 11.9 Å². The molecule has 0 saturated carbocycles. The van der Waals surface area contributed by atoms with Crippen LogP contribution in [-0.4, -0.2) is 37.9 Å². The van der Waals surface area contributed by atoms with Gasteiger partial charge in [0.2, 0.25) is 0 Å². The molecule has 0 saturated heterocycles. The van der Waals surface area contributed by atoms with E-state index >= 15 is 0 Å². The Kier molecular flexibility index (Phi) is 48.9. The van der Waals surface area contributed by atoms with Crippen LogP contribution >= 0.6 is 0 Å². The summed E-state index contributed by atoms with van der Waals surface area (Å²) < 4.78 is 17.4. The Labute approximate surface area is 373 Å². The van der Waals surface area contributed by atoms with E-state index in [-0.39, 0.29) is 25.2 Å². The topological polar surface area (TPSA) is 61.8 Å². The predicted molar refractivity (Wildman–Crippen MR) is 261 cm³/mol. The fourth-order valence-electron chi connectivity index (χ4n) is 7.16. The molecule has 1 atom stereocenters. The Morgan fingerprint density at radius 3 is 1.22 bits per heavy atom. The summed E-state index contributed by atoms with van der Waals surface area (Å²) in [7, 11) is 0. The lowest BCUT2D eigenvalue weighted by atomic mass is 10.1. The summed E-state index contributed by atoms with van der Waals surface area (Å²) >= 11 is 0. The van der Waals surface area contributed by atoms with E-state index in [2.05, 4.69) is 81.5 Å². The smallest absolute Gasteiger partial charge is 0.306 e. The van der Waals surface area contributed by atoms with Crippen LogP contribution in [0.2, 0.25) is 0 Å². The number of rotatable bonds is 47. The Morgan fingerprint density at radius 1 is 0.383 bits per heavy atom. The van der Waals surface area contributed by atoms with Crippen LogP contribution in [0.5, 0.6) is 0 Å². The zero-order valence-corrected chi connectivity index (χ0v) is 40.0. The first-order chi connectivity index (χ1) is 29.6. The monoisotopic (exact) mass is 839 g/mol. The molecule has 5 nitrogen and oxygen atoms in total. The number of esters is 2. The van der Waals surface area contributed by atoms with E-state index in [9.17, 15) is 9.59 Å². The second-order valence-electron chi connectivity index (χ2n) is 17.0. The molecule has 1 unspecified atom stereocenters. The third kappa shape index (κ3) is 48.3. The van der Waals surface area contributed by atoms with E-state index in [0.29, 0.717) is 19.4 Å². The molecule has 0 radical (unpaired) electrons. The van der Waals surface area contributed by atoms with Gasteiger partial charge in [0.05, 0.1) is 6.61 Å². The minimum absolute atomic E-state index is 0.0747. The number of unbranched alkanes of at least 4 members (excludes halogenated alkanes) is 26. The summed E-state index contributed by atoms with van der Waals surface area (Å²) in [5, 5.41) is 0. The number of allylic oxidation sites excluding steroid dienone is 10. The van der Waals surface area contributed by atoms with Crippen LogP contribution in [0.3, 0.4) is 0 Å². The van der Waals surface area contributed by atoms with Gasteiger partial charge in [-0.1, -0.05) is 197 Å². The Hall–Kier alpha value is -2.40. The van der Waals surface area contributed by atoms with Crippen molar-refractivity contribution < 1.29 is 23.8 Å². The number of carbonyl (C=O) groups is 2. The lowest BCUT2D eigenvalue weighted by molar-refractivity contribution is -0.163. The first-order valence-corrected chi connectivity index (χ1v) is 25.8. The van der Waals surface area contributed by atoms with Gasteiger partial charge in [-0.05, 0) is 103 Å². The van der Waals surface area contributed by atoms with Gasteiger partial charge in [0.25, 0.3) is 0 Å². The highest BCUT2D eigenvalue weighted by atomic mass is 16.6. The molecular formula is C55H98O5. The van der Waals surface area contributed by atoms with E-state index in [4.69, 9.17) is 14.2 Å². The number of ether oxygens (including phenoxy) is 3. The van der Waals surface area contributed by atoms with Crippen molar-refractivity contribution in [2.24, 2.45) is 0 Å². The molecule has 0 aliphatic heterocycles. The predicted octanol–water partition coefficient (Wildman–Crippen LogP) is 17.3. The van der Waals surface area contributed by atoms with Crippen LogP contribution in [0.4, 0.5) is 0 Å². The molecule has 0 amide bonds. The van der Waals surface area contributed by atoms with E-state index in [1.807, 2.05) is 0 Å². The molecule has 0 aromatic heterocycles. The first kappa shape index (κ1) is 57.6. The molecule has 0 aliphatic rings.